The van der Waals surface area contributed by atoms with Crippen LogP contribution in [0.4, 0.5) is 5.69 Å². The Bertz CT molecular complexity index is 623. The lowest BCUT2D eigenvalue weighted by Crippen LogP contribution is -2.08. The van der Waals surface area contributed by atoms with E-state index < -0.39 is 5.97 Å². The van der Waals surface area contributed by atoms with E-state index in [0.29, 0.717) is 29.5 Å². The van der Waals surface area contributed by atoms with Crippen molar-refractivity contribution in [2.45, 2.75) is 20.5 Å². The van der Waals surface area contributed by atoms with Crippen molar-refractivity contribution in [3.8, 4) is 5.75 Å². The summed E-state index contributed by atoms with van der Waals surface area (Å²) in [5, 5.41) is 0. The minimum absolute atomic E-state index is 0.241. The Hall–Kier alpha value is -2.49. The highest BCUT2D eigenvalue weighted by molar-refractivity contribution is 5.91. The third-order valence-electron chi connectivity index (χ3n) is 3.03. The number of nitrogens with two attached hydrogens (primary N) is 1. The Labute approximate surface area is 130 Å². The topological polar surface area (TPSA) is 61.5 Å². The summed E-state index contributed by atoms with van der Waals surface area (Å²) in [5.74, 6) is 0.606. The van der Waals surface area contributed by atoms with Gasteiger partial charge in [-0.15, -0.1) is 0 Å². The fourth-order valence-corrected chi connectivity index (χ4v) is 1.87. The second-order valence-electron chi connectivity index (χ2n) is 5.52. The number of rotatable bonds is 6. The average Bonchev–Trinajstić information content (AvgIpc) is 2.52. The molecular weight excluding hydrogens is 278 g/mol. The number of benzene rings is 2. The van der Waals surface area contributed by atoms with Crippen LogP contribution < -0.4 is 10.5 Å². The summed E-state index contributed by atoms with van der Waals surface area (Å²) in [6, 6.07) is 14.5. The molecule has 0 fully saturated rings. The third kappa shape index (κ3) is 4.52. The summed E-state index contributed by atoms with van der Waals surface area (Å²) in [6.07, 6.45) is 0. The van der Waals surface area contributed by atoms with E-state index in [2.05, 4.69) is 13.8 Å². The summed E-state index contributed by atoms with van der Waals surface area (Å²) in [7, 11) is 0. The van der Waals surface area contributed by atoms with Gasteiger partial charge in [-0.25, -0.2) is 4.79 Å². The van der Waals surface area contributed by atoms with Gasteiger partial charge in [0.2, 0.25) is 0 Å². The van der Waals surface area contributed by atoms with Gasteiger partial charge in [0, 0.05) is 0 Å². The van der Waals surface area contributed by atoms with Crippen molar-refractivity contribution in [3.63, 3.8) is 0 Å². The number of nitrogen functional groups attached to an aromatic ring is 1. The minimum Gasteiger partial charge on any atom is -0.491 e. The van der Waals surface area contributed by atoms with Gasteiger partial charge in [-0.1, -0.05) is 44.2 Å². The average molecular weight is 299 g/mol. The number of ether oxygens (including phenoxy) is 2. The molecule has 0 atom stereocenters. The molecule has 2 aromatic rings. The zero-order chi connectivity index (χ0) is 15.9. The van der Waals surface area contributed by atoms with E-state index >= 15 is 0 Å². The van der Waals surface area contributed by atoms with Crippen LogP contribution in [0.2, 0.25) is 0 Å². The van der Waals surface area contributed by atoms with E-state index in [1.54, 1.807) is 18.2 Å². The van der Waals surface area contributed by atoms with Gasteiger partial charge in [0.1, 0.15) is 12.4 Å². The van der Waals surface area contributed by atoms with Gasteiger partial charge in [-0.3, -0.25) is 0 Å². The van der Waals surface area contributed by atoms with E-state index in [1.165, 1.54) is 0 Å². The molecule has 0 aliphatic heterocycles. The van der Waals surface area contributed by atoms with Crippen molar-refractivity contribution in [2.75, 3.05) is 12.3 Å². The molecule has 2 aromatic carbocycles. The highest BCUT2D eigenvalue weighted by Gasteiger charge is 2.11. The lowest BCUT2D eigenvalue weighted by atomic mass is 10.2. The normalized spacial score (nSPS) is 10.5. The number of carbonyl (C=O) groups is 1. The smallest absolute Gasteiger partial charge is 0.338 e. The summed E-state index contributed by atoms with van der Waals surface area (Å²) >= 11 is 0. The highest BCUT2D eigenvalue weighted by Crippen LogP contribution is 2.23. The molecule has 4 nitrogen and oxygen atoms in total. The van der Waals surface area contributed by atoms with Crippen LogP contribution in [-0.4, -0.2) is 12.6 Å². The first-order valence-corrected chi connectivity index (χ1v) is 7.29. The van der Waals surface area contributed by atoms with E-state index in [1.807, 2.05) is 30.3 Å². The first-order chi connectivity index (χ1) is 10.6. The Morgan fingerprint density at radius 2 is 1.86 bits per heavy atom. The SMILES string of the molecule is CC(C)COc1ccc(C(=O)OCc2ccccc2)cc1N. The maximum atomic E-state index is 12.0. The number of esters is 1. The molecule has 0 unspecified atom stereocenters. The highest BCUT2D eigenvalue weighted by atomic mass is 16.5. The number of hydrogen-bond donors (Lipinski definition) is 1. The maximum absolute atomic E-state index is 12.0. The fraction of sp³-hybridized carbons (Fsp3) is 0.278. The van der Waals surface area contributed by atoms with Crippen LogP contribution in [-0.2, 0) is 11.3 Å². The van der Waals surface area contributed by atoms with Gasteiger partial charge in [-0.2, -0.15) is 0 Å². The molecule has 4 heteroatoms. The molecule has 0 bridgehead atoms. The molecule has 0 aliphatic rings. The van der Waals surface area contributed by atoms with Gasteiger partial charge >= 0.3 is 5.97 Å². The summed E-state index contributed by atoms with van der Waals surface area (Å²) in [4.78, 5) is 12.0. The third-order valence-corrected chi connectivity index (χ3v) is 3.03. The number of anilines is 1. The molecule has 0 heterocycles. The van der Waals surface area contributed by atoms with Crippen LogP contribution in [0.5, 0.6) is 5.75 Å². The van der Waals surface area contributed by atoms with E-state index in [9.17, 15) is 4.79 Å². The number of carbonyl (C=O) groups excluding carboxylic acids is 1. The summed E-state index contributed by atoms with van der Waals surface area (Å²) in [5.41, 5.74) is 7.73. The van der Waals surface area contributed by atoms with Crippen LogP contribution in [0.15, 0.2) is 48.5 Å². The maximum Gasteiger partial charge on any atom is 0.338 e. The van der Waals surface area contributed by atoms with Crippen molar-refractivity contribution in [1.82, 2.24) is 0 Å². The van der Waals surface area contributed by atoms with Gasteiger partial charge in [0.05, 0.1) is 17.9 Å². The van der Waals surface area contributed by atoms with Crippen LogP contribution in [0.1, 0.15) is 29.8 Å². The Kier molecular flexibility index (Phi) is 5.42. The van der Waals surface area contributed by atoms with Crippen molar-refractivity contribution in [2.24, 2.45) is 5.92 Å². The van der Waals surface area contributed by atoms with Crippen molar-refractivity contribution in [1.29, 1.82) is 0 Å². The molecule has 22 heavy (non-hydrogen) atoms. The molecule has 0 aromatic heterocycles. The van der Waals surface area contributed by atoms with Crippen molar-refractivity contribution >= 4 is 11.7 Å². The predicted molar refractivity (Wildman–Crippen MR) is 86.7 cm³/mol. The summed E-state index contributed by atoms with van der Waals surface area (Å²) in [6.45, 7) is 4.95. The molecule has 0 radical (unpaired) electrons. The van der Waals surface area contributed by atoms with E-state index in [4.69, 9.17) is 15.2 Å². The lowest BCUT2D eigenvalue weighted by molar-refractivity contribution is 0.0472. The zero-order valence-electron chi connectivity index (χ0n) is 12.9. The summed E-state index contributed by atoms with van der Waals surface area (Å²) < 4.78 is 10.9. The standard InChI is InChI=1S/C18H21NO3/c1-13(2)11-21-17-9-8-15(10-16(17)19)18(20)22-12-14-6-4-3-5-7-14/h3-10,13H,11-12,19H2,1-2H3. The Morgan fingerprint density at radius 1 is 1.14 bits per heavy atom. The van der Waals surface area contributed by atoms with Gasteiger partial charge in [0.15, 0.2) is 0 Å². The minimum atomic E-state index is -0.397. The largest absolute Gasteiger partial charge is 0.491 e. The van der Waals surface area contributed by atoms with Crippen LogP contribution in [0, 0.1) is 5.92 Å². The van der Waals surface area contributed by atoms with Crippen molar-refractivity contribution < 1.29 is 14.3 Å². The molecule has 0 saturated carbocycles. The Morgan fingerprint density at radius 3 is 2.50 bits per heavy atom. The van der Waals surface area contributed by atoms with Crippen LogP contribution in [0.25, 0.3) is 0 Å². The zero-order valence-corrected chi connectivity index (χ0v) is 12.9. The first kappa shape index (κ1) is 15.9. The second kappa shape index (κ2) is 7.50. The Balaban J connectivity index is 1.97. The monoisotopic (exact) mass is 299 g/mol. The second-order valence-corrected chi connectivity index (χ2v) is 5.52. The molecule has 0 spiro atoms. The predicted octanol–water partition coefficient (Wildman–Crippen LogP) is 3.66. The molecule has 0 saturated heterocycles. The van der Waals surface area contributed by atoms with E-state index in [-0.39, 0.29) is 6.61 Å². The van der Waals surface area contributed by atoms with Gasteiger partial charge in [0.25, 0.3) is 0 Å². The van der Waals surface area contributed by atoms with E-state index in [0.717, 1.165) is 5.56 Å². The molecule has 2 N–H and O–H groups in total. The van der Waals surface area contributed by atoms with Crippen LogP contribution in [0.3, 0.4) is 0 Å². The number of hydrogen-bond acceptors (Lipinski definition) is 4. The quantitative estimate of drug-likeness (QED) is 0.653. The molecule has 0 amide bonds. The molecular formula is C18H21NO3. The fourth-order valence-electron chi connectivity index (χ4n) is 1.87. The molecule has 116 valence electrons. The first-order valence-electron chi connectivity index (χ1n) is 7.29. The van der Waals surface area contributed by atoms with Gasteiger partial charge in [-0.05, 0) is 29.7 Å². The van der Waals surface area contributed by atoms with Crippen molar-refractivity contribution in [3.05, 3.63) is 59.7 Å². The molecule has 2 rings (SSSR count). The lowest BCUT2D eigenvalue weighted by Gasteiger charge is -2.12. The van der Waals surface area contributed by atoms with Gasteiger partial charge < -0.3 is 15.2 Å². The molecule has 0 aliphatic carbocycles. The van der Waals surface area contributed by atoms with Crippen LogP contribution >= 0.6 is 0 Å².